The first-order chi connectivity index (χ1) is 10.8. The van der Waals surface area contributed by atoms with E-state index in [9.17, 15) is 4.79 Å². The van der Waals surface area contributed by atoms with Crippen LogP contribution in [0.4, 0.5) is 5.69 Å². The predicted octanol–water partition coefficient (Wildman–Crippen LogP) is 5.37. The van der Waals surface area contributed by atoms with Gasteiger partial charge in [0.25, 0.3) is 5.91 Å². The summed E-state index contributed by atoms with van der Waals surface area (Å²) in [5.41, 5.74) is 3.34. The van der Waals surface area contributed by atoms with E-state index in [4.69, 9.17) is 0 Å². The summed E-state index contributed by atoms with van der Waals surface area (Å²) in [6, 6.07) is 25.0. The zero-order valence-electron chi connectivity index (χ0n) is 11.8. The first-order valence-electron chi connectivity index (χ1n) is 6.96. The molecule has 1 amide bonds. The van der Waals surface area contributed by atoms with Gasteiger partial charge in [0.2, 0.25) is 0 Å². The Hall–Kier alpha value is -2.39. The van der Waals surface area contributed by atoms with Gasteiger partial charge in [-0.1, -0.05) is 70.5 Å². The van der Waals surface area contributed by atoms with E-state index in [2.05, 4.69) is 21.2 Å². The Kier molecular flexibility index (Phi) is 4.35. The van der Waals surface area contributed by atoms with Gasteiger partial charge < -0.3 is 5.32 Å². The molecule has 0 atom stereocenters. The standard InChI is InChI=1S/C19H14BrNO/c20-18-13-7-6-11-16(18)15-10-4-5-12-17(15)19(22)21-14-8-2-1-3-9-14/h1-13H,(H,21,22). The summed E-state index contributed by atoms with van der Waals surface area (Å²) < 4.78 is 0.968. The summed E-state index contributed by atoms with van der Waals surface area (Å²) >= 11 is 3.55. The topological polar surface area (TPSA) is 29.1 Å². The highest BCUT2D eigenvalue weighted by Gasteiger charge is 2.14. The summed E-state index contributed by atoms with van der Waals surface area (Å²) in [6.45, 7) is 0. The summed E-state index contributed by atoms with van der Waals surface area (Å²) in [5, 5.41) is 2.93. The average Bonchev–Trinajstić information content (AvgIpc) is 2.56. The SMILES string of the molecule is O=C(Nc1ccccc1)c1ccccc1-c1ccccc1Br. The molecule has 0 aliphatic rings. The Balaban J connectivity index is 1.98. The van der Waals surface area contributed by atoms with Gasteiger partial charge >= 0.3 is 0 Å². The summed E-state index contributed by atoms with van der Waals surface area (Å²) in [7, 11) is 0. The lowest BCUT2D eigenvalue weighted by molar-refractivity contribution is 0.102. The van der Waals surface area contributed by atoms with Gasteiger partial charge in [0.15, 0.2) is 0 Å². The molecule has 3 aromatic carbocycles. The van der Waals surface area contributed by atoms with Crippen molar-refractivity contribution < 1.29 is 4.79 Å². The third-order valence-corrected chi connectivity index (χ3v) is 4.06. The molecule has 0 spiro atoms. The minimum absolute atomic E-state index is 0.113. The number of benzene rings is 3. The highest BCUT2D eigenvalue weighted by atomic mass is 79.9. The van der Waals surface area contributed by atoms with E-state index in [0.29, 0.717) is 5.56 Å². The monoisotopic (exact) mass is 351 g/mol. The molecule has 108 valence electrons. The Labute approximate surface area is 137 Å². The van der Waals surface area contributed by atoms with E-state index in [0.717, 1.165) is 21.3 Å². The van der Waals surface area contributed by atoms with E-state index in [1.807, 2.05) is 78.9 Å². The predicted molar refractivity (Wildman–Crippen MR) is 94.0 cm³/mol. The molecule has 0 fully saturated rings. The van der Waals surface area contributed by atoms with Crippen LogP contribution < -0.4 is 5.32 Å². The number of hydrogen-bond donors (Lipinski definition) is 1. The Morgan fingerprint density at radius 2 is 1.32 bits per heavy atom. The molecule has 1 N–H and O–H groups in total. The van der Waals surface area contributed by atoms with Crippen molar-refractivity contribution in [3.63, 3.8) is 0 Å². The molecule has 0 heterocycles. The normalized spacial score (nSPS) is 10.2. The number of anilines is 1. The molecule has 3 rings (SSSR count). The fourth-order valence-electron chi connectivity index (χ4n) is 2.32. The van der Waals surface area contributed by atoms with Gasteiger partial charge in [-0.2, -0.15) is 0 Å². The third kappa shape index (κ3) is 3.10. The van der Waals surface area contributed by atoms with Crippen LogP contribution in [0, 0.1) is 0 Å². The second-order valence-electron chi connectivity index (χ2n) is 4.85. The van der Waals surface area contributed by atoms with Crippen LogP contribution in [-0.4, -0.2) is 5.91 Å². The minimum Gasteiger partial charge on any atom is -0.322 e. The molecular formula is C19H14BrNO. The molecule has 0 aliphatic carbocycles. The highest BCUT2D eigenvalue weighted by Crippen LogP contribution is 2.30. The van der Waals surface area contributed by atoms with Crippen LogP contribution in [0.25, 0.3) is 11.1 Å². The van der Waals surface area contributed by atoms with Gasteiger partial charge in [-0.25, -0.2) is 0 Å². The lowest BCUT2D eigenvalue weighted by Crippen LogP contribution is -2.13. The minimum atomic E-state index is -0.113. The van der Waals surface area contributed by atoms with Crippen molar-refractivity contribution in [3.05, 3.63) is 88.9 Å². The number of rotatable bonds is 3. The van der Waals surface area contributed by atoms with Gasteiger partial charge in [-0.05, 0) is 35.4 Å². The summed E-state index contributed by atoms with van der Waals surface area (Å²) in [4.78, 5) is 12.6. The van der Waals surface area contributed by atoms with Crippen molar-refractivity contribution in [1.82, 2.24) is 0 Å². The maximum absolute atomic E-state index is 12.6. The van der Waals surface area contributed by atoms with Crippen LogP contribution in [0.3, 0.4) is 0 Å². The molecule has 0 saturated heterocycles. The number of amides is 1. The molecule has 0 radical (unpaired) electrons. The van der Waals surface area contributed by atoms with Gasteiger partial charge in [0, 0.05) is 15.7 Å². The summed E-state index contributed by atoms with van der Waals surface area (Å²) in [6.07, 6.45) is 0. The van der Waals surface area contributed by atoms with Gasteiger partial charge in [0.05, 0.1) is 0 Å². The van der Waals surface area contributed by atoms with Crippen molar-refractivity contribution in [3.8, 4) is 11.1 Å². The number of hydrogen-bond acceptors (Lipinski definition) is 1. The van der Waals surface area contributed by atoms with Crippen molar-refractivity contribution in [2.45, 2.75) is 0 Å². The van der Waals surface area contributed by atoms with E-state index in [-0.39, 0.29) is 5.91 Å². The van der Waals surface area contributed by atoms with Gasteiger partial charge in [-0.15, -0.1) is 0 Å². The van der Waals surface area contributed by atoms with Crippen molar-refractivity contribution in [2.24, 2.45) is 0 Å². The molecule has 0 unspecified atom stereocenters. The van der Waals surface area contributed by atoms with Gasteiger partial charge in [-0.3, -0.25) is 4.79 Å². The lowest BCUT2D eigenvalue weighted by atomic mass is 9.99. The maximum atomic E-state index is 12.6. The quantitative estimate of drug-likeness (QED) is 0.675. The van der Waals surface area contributed by atoms with Crippen LogP contribution in [0.2, 0.25) is 0 Å². The molecule has 2 nitrogen and oxygen atoms in total. The number of halogens is 1. The number of carbonyl (C=O) groups is 1. The fourth-order valence-corrected chi connectivity index (χ4v) is 2.81. The van der Waals surface area contributed by atoms with Crippen LogP contribution in [-0.2, 0) is 0 Å². The third-order valence-electron chi connectivity index (χ3n) is 3.37. The number of carbonyl (C=O) groups excluding carboxylic acids is 1. The summed E-state index contributed by atoms with van der Waals surface area (Å²) in [5.74, 6) is -0.113. The van der Waals surface area contributed by atoms with Crippen LogP contribution >= 0.6 is 15.9 Å². The molecule has 0 aliphatic heterocycles. The first kappa shape index (κ1) is 14.5. The van der Waals surface area contributed by atoms with Crippen molar-refractivity contribution >= 4 is 27.5 Å². The number of para-hydroxylation sites is 1. The maximum Gasteiger partial charge on any atom is 0.256 e. The molecular weight excluding hydrogens is 338 g/mol. The molecule has 3 heteroatoms. The fraction of sp³-hybridized carbons (Fsp3) is 0. The van der Waals surface area contributed by atoms with Crippen molar-refractivity contribution in [2.75, 3.05) is 5.32 Å². The average molecular weight is 352 g/mol. The smallest absolute Gasteiger partial charge is 0.256 e. The van der Waals surface area contributed by atoms with E-state index < -0.39 is 0 Å². The van der Waals surface area contributed by atoms with Gasteiger partial charge in [0.1, 0.15) is 0 Å². The Bertz CT molecular complexity index is 799. The molecule has 0 aromatic heterocycles. The second-order valence-corrected chi connectivity index (χ2v) is 5.70. The van der Waals surface area contributed by atoms with E-state index in [1.165, 1.54) is 0 Å². The number of nitrogens with one attached hydrogen (secondary N) is 1. The Morgan fingerprint density at radius 3 is 2.05 bits per heavy atom. The Morgan fingerprint density at radius 1 is 0.727 bits per heavy atom. The molecule has 0 saturated carbocycles. The molecule has 3 aromatic rings. The van der Waals surface area contributed by atoms with E-state index in [1.54, 1.807) is 0 Å². The second kappa shape index (κ2) is 6.58. The zero-order chi connectivity index (χ0) is 15.4. The lowest BCUT2D eigenvalue weighted by Gasteiger charge is -2.11. The highest BCUT2D eigenvalue weighted by molar-refractivity contribution is 9.10. The largest absolute Gasteiger partial charge is 0.322 e. The van der Waals surface area contributed by atoms with Crippen LogP contribution in [0.1, 0.15) is 10.4 Å². The van der Waals surface area contributed by atoms with Crippen LogP contribution in [0.15, 0.2) is 83.3 Å². The van der Waals surface area contributed by atoms with Crippen molar-refractivity contribution in [1.29, 1.82) is 0 Å². The van der Waals surface area contributed by atoms with Crippen LogP contribution in [0.5, 0.6) is 0 Å². The molecule has 22 heavy (non-hydrogen) atoms. The zero-order valence-corrected chi connectivity index (χ0v) is 13.4. The molecule has 0 bridgehead atoms. The van der Waals surface area contributed by atoms with E-state index >= 15 is 0 Å². The first-order valence-corrected chi connectivity index (χ1v) is 7.75.